The van der Waals surface area contributed by atoms with E-state index in [1.54, 1.807) is 13.1 Å². The van der Waals surface area contributed by atoms with Crippen molar-refractivity contribution in [2.75, 3.05) is 19.6 Å². The molecule has 3 rings (SSSR count). The molecular formula is C17H27N3O2. The summed E-state index contributed by atoms with van der Waals surface area (Å²) in [6.07, 6.45) is 7.83. The van der Waals surface area contributed by atoms with Gasteiger partial charge in [-0.2, -0.15) is 0 Å². The summed E-state index contributed by atoms with van der Waals surface area (Å²) in [4.78, 5) is 20.8. The molecule has 2 aliphatic rings. The predicted molar refractivity (Wildman–Crippen MR) is 84.3 cm³/mol. The van der Waals surface area contributed by atoms with Gasteiger partial charge in [-0.1, -0.05) is 13.3 Å². The van der Waals surface area contributed by atoms with Crippen LogP contribution in [-0.4, -0.2) is 46.4 Å². The maximum atomic E-state index is 12.0. The second-order valence-corrected chi connectivity index (χ2v) is 6.72. The topological polar surface area (TPSA) is 49.6 Å². The Morgan fingerprint density at radius 2 is 2.27 bits per heavy atom. The molecule has 122 valence electrons. The molecule has 1 atom stereocenters. The van der Waals surface area contributed by atoms with Gasteiger partial charge in [-0.15, -0.1) is 0 Å². The number of nitrogens with zero attached hydrogens (tertiary/aromatic N) is 3. The van der Waals surface area contributed by atoms with E-state index in [-0.39, 0.29) is 5.91 Å². The second-order valence-electron chi connectivity index (χ2n) is 6.72. The number of aromatic nitrogens is 1. The molecule has 1 unspecified atom stereocenters. The molecule has 22 heavy (non-hydrogen) atoms. The van der Waals surface area contributed by atoms with Crippen LogP contribution in [0.5, 0.6) is 0 Å². The van der Waals surface area contributed by atoms with Gasteiger partial charge in [-0.3, -0.25) is 4.79 Å². The molecular weight excluding hydrogens is 278 g/mol. The number of carbonyl (C=O) groups is 1. The van der Waals surface area contributed by atoms with Gasteiger partial charge in [0.1, 0.15) is 5.76 Å². The molecule has 0 spiro atoms. The minimum absolute atomic E-state index is 0.117. The first-order valence-electron chi connectivity index (χ1n) is 8.59. The quantitative estimate of drug-likeness (QED) is 0.810. The zero-order valence-corrected chi connectivity index (χ0v) is 13.8. The van der Waals surface area contributed by atoms with Crippen molar-refractivity contribution < 1.29 is 9.21 Å². The Bertz CT molecular complexity index is 510. The van der Waals surface area contributed by atoms with Crippen LogP contribution in [-0.2, 0) is 17.8 Å². The number of hydrogen-bond donors (Lipinski definition) is 0. The van der Waals surface area contributed by atoms with Crippen molar-refractivity contribution in [2.45, 2.75) is 58.5 Å². The highest BCUT2D eigenvalue weighted by molar-refractivity contribution is 5.73. The average Bonchev–Trinajstić information content (AvgIpc) is 3.09. The number of rotatable bonds is 6. The lowest BCUT2D eigenvalue weighted by Crippen LogP contribution is -2.41. The van der Waals surface area contributed by atoms with Crippen molar-refractivity contribution in [1.82, 2.24) is 14.8 Å². The number of likely N-dealkylation sites (tertiary alicyclic amines) is 1. The van der Waals surface area contributed by atoms with Gasteiger partial charge in [0.2, 0.25) is 11.8 Å². The van der Waals surface area contributed by atoms with Crippen LogP contribution in [0.15, 0.2) is 10.6 Å². The number of aryl methyl sites for hydroxylation is 1. The van der Waals surface area contributed by atoms with Crippen LogP contribution in [0.2, 0.25) is 0 Å². The van der Waals surface area contributed by atoms with Crippen molar-refractivity contribution >= 4 is 5.91 Å². The maximum Gasteiger partial charge on any atom is 0.220 e. The lowest BCUT2D eigenvalue weighted by atomic mass is 9.85. The summed E-state index contributed by atoms with van der Waals surface area (Å²) in [6, 6.07) is 0.301. The molecule has 1 aromatic heterocycles. The predicted octanol–water partition coefficient (Wildman–Crippen LogP) is 2.46. The van der Waals surface area contributed by atoms with E-state index in [1.807, 2.05) is 11.8 Å². The Balaban J connectivity index is 1.57. The zero-order chi connectivity index (χ0) is 15.5. The number of amides is 1. The van der Waals surface area contributed by atoms with E-state index in [0.717, 1.165) is 37.6 Å². The first kappa shape index (κ1) is 15.5. The Morgan fingerprint density at radius 1 is 1.45 bits per heavy atom. The monoisotopic (exact) mass is 305 g/mol. The first-order chi connectivity index (χ1) is 10.7. The third-order valence-electron chi connectivity index (χ3n) is 5.09. The van der Waals surface area contributed by atoms with Gasteiger partial charge >= 0.3 is 0 Å². The maximum absolute atomic E-state index is 12.0. The van der Waals surface area contributed by atoms with Crippen molar-refractivity contribution in [2.24, 2.45) is 5.92 Å². The van der Waals surface area contributed by atoms with E-state index in [9.17, 15) is 4.79 Å². The molecule has 2 fully saturated rings. The smallest absolute Gasteiger partial charge is 0.220 e. The molecule has 5 heteroatoms. The minimum atomic E-state index is 0.117. The lowest BCUT2D eigenvalue weighted by Gasteiger charge is -2.31. The third-order valence-corrected chi connectivity index (χ3v) is 5.09. The summed E-state index contributed by atoms with van der Waals surface area (Å²) in [5.74, 6) is 2.55. The number of oxazole rings is 1. The van der Waals surface area contributed by atoms with Crippen molar-refractivity contribution in [3.63, 3.8) is 0 Å². The van der Waals surface area contributed by atoms with E-state index in [0.29, 0.717) is 18.5 Å². The fraction of sp³-hybridized carbons (Fsp3) is 0.765. The fourth-order valence-corrected chi connectivity index (χ4v) is 3.50. The van der Waals surface area contributed by atoms with E-state index >= 15 is 0 Å². The van der Waals surface area contributed by atoms with Gasteiger partial charge in [-0.25, -0.2) is 4.98 Å². The molecule has 1 aliphatic carbocycles. The summed E-state index contributed by atoms with van der Waals surface area (Å²) in [6.45, 7) is 7.51. The van der Waals surface area contributed by atoms with Gasteiger partial charge < -0.3 is 14.2 Å². The summed E-state index contributed by atoms with van der Waals surface area (Å²) in [7, 11) is 0. The Morgan fingerprint density at radius 3 is 2.86 bits per heavy atom. The lowest BCUT2D eigenvalue weighted by molar-refractivity contribution is -0.132. The van der Waals surface area contributed by atoms with Crippen LogP contribution in [0, 0.1) is 5.92 Å². The minimum Gasteiger partial charge on any atom is -0.444 e. The molecule has 0 radical (unpaired) electrons. The summed E-state index contributed by atoms with van der Waals surface area (Å²) < 4.78 is 5.67. The van der Waals surface area contributed by atoms with Crippen LogP contribution in [0.4, 0.5) is 0 Å². The largest absolute Gasteiger partial charge is 0.444 e. The Kier molecular flexibility index (Phi) is 4.81. The highest BCUT2D eigenvalue weighted by atomic mass is 16.4. The molecule has 1 amide bonds. The highest BCUT2D eigenvalue weighted by Gasteiger charge is 2.32. The normalized spacial score (nSPS) is 22.7. The van der Waals surface area contributed by atoms with Crippen molar-refractivity contribution in [3.8, 4) is 0 Å². The number of hydrogen-bond acceptors (Lipinski definition) is 4. The molecule has 0 N–H and O–H groups in total. The standard InChI is InChI=1S/C17H27N3O2/c1-3-16-9-18-17(22-16)12-20(13(2)21)15-7-8-19(11-15)10-14-5-4-6-14/h9,14-15H,3-8,10-12H2,1-2H3. The van der Waals surface area contributed by atoms with Crippen molar-refractivity contribution in [3.05, 3.63) is 17.8 Å². The fourth-order valence-electron chi connectivity index (χ4n) is 3.50. The summed E-state index contributed by atoms with van der Waals surface area (Å²) in [5, 5.41) is 0. The third kappa shape index (κ3) is 3.51. The average molecular weight is 305 g/mol. The molecule has 0 bridgehead atoms. The molecule has 1 saturated carbocycles. The van der Waals surface area contributed by atoms with E-state index in [4.69, 9.17) is 4.42 Å². The van der Waals surface area contributed by atoms with Crippen LogP contribution < -0.4 is 0 Å². The Labute approximate surface area is 132 Å². The molecule has 1 saturated heterocycles. The van der Waals surface area contributed by atoms with Crippen LogP contribution in [0.3, 0.4) is 0 Å². The molecule has 1 aliphatic heterocycles. The molecule has 5 nitrogen and oxygen atoms in total. The van der Waals surface area contributed by atoms with Gasteiger partial charge in [0.25, 0.3) is 0 Å². The highest BCUT2D eigenvalue weighted by Crippen LogP contribution is 2.29. The van der Waals surface area contributed by atoms with Crippen LogP contribution >= 0.6 is 0 Å². The van der Waals surface area contributed by atoms with Gasteiger partial charge in [0.15, 0.2) is 0 Å². The van der Waals surface area contributed by atoms with Crippen LogP contribution in [0.25, 0.3) is 0 Å². The van der Waals surface area contributed by atoms with Gasteiger partial charge in [0.05, 0.1) is 12.7 Å². The second kappa shape index (κ2) is 6.82. The van der Waals surface area contributed by atoms with E-state index in [1.165, 1.54) is 25.8 Å². The first-order valence-corrected chi connectivity index (χ1v) is 8.59. The van der Waals surface area contributed by atoms with Crippen molar-refractivity contribution in [1.29, 1.82) is 0 Å². The molecule has 2 heterocycles. The summed E-state index contributed by atoms with van der Waals surface area (Å²) in [5.41, 5.74) is 0. The van der Waals surface area contributed by atoms with E-state index < -0.39 is 0 Å². The van der Waals surface area contributed by atoms with E-state index in [2.05, 4.69) is 9.88 Å². The van der Waals surface area contributed by atoms with Gasteiger partial charge in [0, 0.05) is 39.0 Å². The van der Waals surface area contributed by atoms with Crippen LogP contribution in [0.1, 0.15) is 51.2 Å². The SMILES string of the molecule is CCc1cnc(CN(C(C)=O)C2CCN(CC3CCC3)C2)o1. The number of carbonyl (C=O) groups excluding carboxylic acids is 1. The van der Waals surface area contributed by atoms with Gasteiger partial charge in [-0.05, 0) is 25.2 Å². The Hall–Kier alpha value is -1.36. The molecule has 0 aromatic carbocycles. The molecule has 1 aromatic rings. The zero-order valence-electron chi connectivity index (χ0n) is 13.8. The summed E-state index contributed by atoms with van der Waals surface area (Å²) >= 11 is 0.